The number of aromatic nitrogens is 2. The van der Waals surface area contributed by atoms with Crippen molar-refractivity contribution >= 4 is 21.6 Å². The normalized spacial score (nSPS) is 11.3. The van der Waals surface area contributed by atoms with Crippen molar-refractivity contribution < 1.29 is 13.2 Å². The Hall–Kier alpha value is -2.35. The molecule has 24 heavy (non-hydrogen) atoms. The molecule has 2 aromatic rings. The van der Waals surface area contributed by atoms with Crippen molar-refractivity contribution in [2.75, 3.05) is 11.3 Å². The maximum Gasteiger partial charge on any atom is 0.262 e. The van der Waals surface area contributed by atoms with Gasteiger partial charge in [-0.1, -0.05) is 12.1 Å². The molecular formula is C16H22N4O3S. The van der Waals surface area contributed by atoms with Crippen LogP contribution >= 0.6 is 0 Å². The lowest BCUT2D eigenvalue weighted by Crippen LogP contribution is -2.22. The number of sulfonamides is 1. The van der Waals surface area contributed by atoms with Crippen molar-refractivity contribution in [3.8, 4) is 0 Å². The van der Waals surface area contributed by atoms with Gasteiger partial charge in [0.05, 0.1) is 22.0 Å². The maximum atomic E-state index is 12.5. The molecule has 0 aliphatic carbocycles. The Balaban J connectivity index is 2.13. The fraction of sp³-hybridized carbons (Fsp3) is 0.375. The van der Waals surface area contributed by atoms with Gasteiger partial charge in [0.1, 0.15) is 0 Å². The van der Waals surface area contributed by atoms with Gasteiger partial charge in [-0.25, -0.2) is 8.42 Å². The summed E-state index contributed by atoms with van der Waals surface area (Å²) < 4.78 is 29.3. The Morgan fingerprint density at radius 1 is 1.21 bits per heavy atom. The molecule has 130 valence electrons. The summed E-state index contributed by atoms with van der Waals surface area (Å²) in [5.74, 6) is -0.0828. The predicted octanol–water partition coefficient (Wildman–Crippen LogP) is 1.52. The van der Waals surface area contributed by atoms with Crippen LogP contribution in [0.4, 0.5) is 5.69 Å². The highest BCUT2D eigenvalue weighted by molar-refractivity contribution is 7.92. The molecule has 0 aliphatic heterocycles. The summed E-state index contributed by atoms with van der Waals surface area (Å²) in [7, 11) is -1.90. The molecule has 0 saturated carbocycles. The lowest BCUT2D eigenvalue weighted by Gasteiger charge is -2.09. The zero-order valence-electron chi connectivity index (χ0n) is 14.3. The van der Waals surface area contributed by atoms with E-state index < -0.39 is 10.0 Å². The van der Waals surface area contributed by atoms with E-state index in [0.29, 0.717) is 24.3 Å². The molecule has 0 aliphatic rings. The Kier molecular flexibility index (Phi) is 5.28. The van der Waals surface area contributed by atoms with E-state index in [2.05, 4.69) is 15.1 Å². The van der Waals surface area contributed by atoms with Crippen molar-refractivity contribution in [2.45, 2.75) is 32.1 Å². The third-order valence-electron chi connectivity index (χ3n) is 3.77. The van der Waals surface area contributed by atoms with Crippen LogP contribution in [0.1, 0.15) is 23.9 Å². The number of carbonyl (C=O) groups is 1. The molecule has 0 fully saturated rings. The first kappa shape index (κ1) is 18.0. The average Bonchev–Trinajstić information content (AvgIpc) is 2.74. The Morgan fingerprint density at radius 3 is 2.33 bits per heavy atom. The second-order valence-electron chi connectivity index (χ2n) is 5.65. The van der Waals surface area contributed by atoms with Crippen LogP contribution in [0.25, 0.3) is 0 Å². The minimum atomic E-state index is -3.67. The van der Waals surface area contributed by atoms with Gasteiger partial charge in [-0.05, 0) is 38.0 Å². The topological polar surface area (TPSA) is 93.1 Å². The molecule has 0 unspecified atom stereocenters. The molecule has 0 bridgehead atoms. The molecule has 0 radical (unpaired) electrons. The third kappa shape index (κ3) is 4.14. The van der Waals surface area contributed by atoms with E-state index in [9.17, 15) is 13.2 Å². The fourth-order valence-corrected chi connectivity index (χ4v) is 3.51. The first-order chi connectivity index (χ1) is 11.2. The molecule has 1 amide bonds. The lowest BCUT2D eigenvalue weighted by atomic mass is 10.1. The molecule has 2 rings (SSSR count). The predicted molar refractivity (Wildman–Crippen MR) is 92.3 cm³/mol. The number of benzene rings is 1. The van der Waals surface area contributed by atoms with Crippen LogP contribution in [0.3, 0.4) is 0 Å². The third-order valence-corrected chi connectivity index (χ3v) is 5.13. The SMILES string of the molecule is CC(=O)NCCc1ccc(S(=O)(=O)Nc2c(C)nn(C)c2C)cc1. The van der Waals surface area contributed by atoms with Crippen molar-refractivity contribution in [3.05, 3.63) is 41.2 Å². The van der Waals surface area contributed by atoms with Gasteiger partial charge in [-0.15, -0.1) is 0 Å². The van der Waals surface area contributed by atoms with Crippen LogP contribution in [-0.2, 0) is 28.3 Å². The van der Waals surface area contributed by atoms with Gasteiger partial charge in [-0.2, -0.15) is 5.10 Å². The van der Waals surface area contributed by atoms with E-state index >= 15 is 0 Å². The number of rotatable bonds is 6. The maximum absolute atomic E-state index is 12.5. The molecular weight excluding hydrogens is 328 g/mol. The van der Waals surface area contributed by atoms with Gasteiger partial charge in [0, 0.05) is 20.5 Å². The van der Waals surface area contributed by atoms with Crippen molar-refractivity contribution in [1.82, 2.24) is 15.1 Å². The minimum Gasteiger partial charge on any atom is -0.356 e. The quantitative estimate of drug-likeness (QED) is 0.826. The molecule has 7 nitrogen and oxygen atoms in total. The molecule has 1 aromatic carbocycles. The molecule has 0 atom stereocenters. The van der Waals surface area contributed by atoms with Gasteiger partial charge in [-0.3, -0.25) is 14.2 Å². The van der Waals surface area contributed by atoms with Crippen molar-refractivity contribution in [2.24, 2.45) is 7.05 Å². The van der Waals surface area contributed by atoms with Crippen LogP contribution in [0.2, 0.25) is 0 Å². The van der Waals surface area contributed by atoms with Gasteiger partial charge in [0.15, 0.2) is 0 Å². The van der Waals surface area contributed by atoms with Crippen LogP contribution in [0, 0.1) is 13.8 Å². The highest BCUT2D eigenvalue weighted by atomic mass is 32.2. The summed E-state index contributed by atoms with van der Waals surface area (Å²) in [6.45, 7) is 5.55. The summed E-state index contributed by atoms with van der Waals surface area (Å²) in [5.41, 5.74) is 2.84. The van der Waals surface area contributed by atoms with E-state index in [0.717, 1.165) is 11.3 Å². The van der Waals surface area contributed by atoms with Crippen LogP contribution in [0.15, 0.2) is 29.2 Å². The molecule has 1 aromatic heterocycles. The number of carbonyl (C=O) groups excluding carboxylic acids is 1. The second-order valence-corrected chi connectivity index (χ2v) is 7.33. The zero-order valence-corrected chi connectivity index (χ0v) is 15.1. The van der Waals surface area contributed by atoms with Crippen LogP contribution in [0.5, 0.6) is 0 Å². The fourth-order valence-electron chi connectivity index (χ4n) is 2.33. The summed E-state index contributed by atoms with van der Waals surface area (Å²) >= 11 is 0. The monoisotopic (exact) mass is 350 g/mol. The molecule has 1 heterocycles. The lowest BCUT2D eigenvalue weighted by molar-refractivity contribution is -0.118. The van der Waals surface area contributed by atoms with E-state index in [-0.39, 0.29) is 10.8 Å². The van der Waals surface area contributed by atoms with Gasteiger partial charge in [0.2, 0.25) is 5.91 Å². The number of nitrogens with one attached hydrogen (secondary N) is 2. The number of amides is 1. The van der Waals surface area contributed by atoms with Crippen molar-refractivity contribution in [1.29, 1.82) is 0 Å². The van der Waals surface area contributed by atoms with Crippen LogP contribution in [-0.4, -0.2) is 30.7 Å². The summed E-state index contributed by atoms with van der Waals surface area (Å²) in [6.07, 6.45) is 0.647. The number of hydrogen-bond acceptors (Lipinski definition) is 4. The van der Waals surface area contributed by atoms with Gasteiger partial charge < -0.3 is 5.32 Å². The van der Waals surface area contributed by atoms with Gasteiger partial charge in [0.25, 0.3) is 10.0 Å². The molecule has 8 heteroatoms. The molecule has 0 spiro atoms. The van der Waals surface area contributed by atoms with Gasteiger partial charge >= 0.3 is 0 Å². The number of aryl methyl sites for hydroxylation is 2. The minimum absolute atomic E-state index is 0.0828. The summed E-state index contributed by atoms with van der Waals surface area (Å²) in [5, 5.41) is 6.91. The van der Waals surface area contributed by atoms with E-state index in [1.807, 2.05) is 6.92 Å². The summed E-state index contributed by atoms with van der Waals surface area (Å²) in [6, 6.07) is 6.62. The highest BCUT2D eigenvalue weighted by Crippen LogP contribution is 2.22. The smallest absolute Gasteiger partial charge is 0.262 e. The Bertz CT molecular complexity index is 839. The van der Waals surface area contributed by atoms with E-state index in [4.69, 9.17) is 0 Å². The number of nitrogens with zero attached hydrogens (tertiary/aromatic N) is 2. The standard InChI is InChI=1S/C16H22N4O3S/c1-11-16(12(2)20(4)18-11)19-24(22,23)15-7-5-14(6-8-15)9-10-17-13(3)21/h5-8,19H,9-10H2,1-4H3,(H,17,21). The second kappa shape index (κ2) is 7.04. The van der Waals surface area contributed by atoms with E-state index in [1.165, 1.54) is 6.92 Å². The Labute approximate surface area is 142 Å². The first-order valence-electron chi connectivity index (χ1n) is 7.57. The molecule has 0 saturated heterocycles. The zero-order chi connectivity index (χ0) is 17.9. The average molecular weight is 350 g/mol. The number of hydrogen-bond donors (Lipinski definition) is 2. The first-order valence-corrected chi connectivity index (χ1v) is 9.05. The van der Waals surface area contributed by atoms with Crippen molar-refractivity contribution in [3.63, 3.8) is 0 Å². The number of anilines is 1. The van der Waals surface area contributed by atoms with E-state index in [1.54, 1.807) is 42.9 Å². The highest BCUT2D eigenvalue weighted by Gasteiger charge is 2.19. The van der Waals surface area contributed by atoms with Crippen LogP contribution < -0.4 is 10.0 Å². The summed E-state index contributed by atoms with van der Waals surface area (Å²) in [4.78, 5) is 11.0. The largest absolute Gasteiger partial charge is 0.356 e. The molecule has 2 N–H and O–H groups in total. The Morgan fingerprint density at radius 2 is 1.83 bits per heavy atom.